The lowest BCUT2D eigenvalue weighted by Gasteiger charge is -2.42. The number of halogens is 2. The summed E-state index contributed by atoms with van der Waals surface area (Å²) in [5.74, 6) is 2.56. The van der Waals surface area contributed by atoms with Gasteiger partial charge in [0.2, 0.25) is 4.90 Å². The Kier molecular flexibility index (Phi) is 7.27. The number of fused-ring (bicyclic) bond motifs is 5. The molecule has 250 valence electrons. The van der Waals surface area contributed by atoms with Gasteiger partial charge in [0.05, 0.1) is 22.8 Å². The van der Waals surface area contributed by atoms with Crippen LogP contribution in [0.1, 0.15) is 68.2 Å². The molecule has 2 N–H and O–H groups in total. The SMILES string of the molecule is C#Cc1c(F)ccc2cc(O)cc(C3=Cc4nc(OC[C@@]56CCCN5C[C@H](F)C6)nc(N5CC6CCC(C5)N6)c4[S+]([O-])N3C3CCC3)c12. The zero-order valence-electron chi connectivity index (χ0n) is 26.6. The van der Waals surface area contributed by atoms with Gasteiger partial charge in [-0.3, -0.25) is 4.90 Å². The summed E-state index contributed by atoms with van der Waals surface area (Å²) in [7, 11) is 0. The lowest BCUT2D eigenvalue weighted by atomic mass is 9.90. The Balaban J connectivity index is 1.21. The first kappa shape index (κ1) is 30.4. The van der Waals surface area contributed by atoms with Gasteiger partial charge < -0.3 is 24.6 Å². The second kappa shape index (κ2) is 11.5. The molecule has 0 spiro atoms. The van der Waals surface area contributed by atoms with E-state index in [4.69, 9.17) is 21.1 Å². The quantitative estimate of drug-likeness (QED) is 0.284. The molecule has 9 rings (SSSR count). The van der Waals surface area contributed by atoms with Gasteiger partial charge in [-0.1, -0.05) is 12.0 Å². The molecule has 0 radical (unpaired) electrons. The maximum atomic E-state index is 15.2. The molecular formula is C36H38F2N6O3S. The number of aromatic nitrogens is 2. The Morgan fingerprint density at radius 3 is 2.69 bits per heavy atom. The number of rotatable bonds is 6. The van der Waals surface area contributed by atoms with E-state index in [1.165, 1.54) is 6.07 Å². The third-order valence-electron chi connectivity index (χ3n) is 11.3. The second-order valence-corrected chi connectivity index (χ2v) is 15.6. The number of nitrogens with zero attached hydrogens (tertiary/aromatic N) is 5. The van der Waals surface area contributed by atoms with E-state index in [2.05, 4.69) is 21.0 Å². The molecule has 2 aromatic carbocycles. The van der Waals surface area contributed by atoms with E-state index in [9.17, 15) is 14.0 Å². The van der Waals surface area contributed by atoms with Crippen molar-refractivity contribution in [2.45, 2.75) is 86.1 Å². The zero-order chi connectivity index (χ0) is 32.7. The van der Waals surface area contributed by atoms with E-state index in [0.29, 0.717) is 63.5 Å². The molecule has 6 heterocycles. The van der Waals surface area contributed by atoms with Crippen LogP contribution in [0.5, 0.6) is 11.8 Å². The first-order chi connectivity index (χ1) is 23.3. The molecule has 5 atom stereocenters. The van der Waals surface area contributed by atoms with Gasteiger partial charge in [0, 0.05) is 49.1 Å². The number of anilines is 1. The van der Waals surface area contributed by atoms with E-state index < -0.39 is 23.4 Å². The minimum absolute atomic E-state index is 0.00934. The number of aromatic hydroxyl groups is 1. The standard InChI is InChI=1S/C36H38F2N6O3S/c1-2-27-29(38)10-7-21-13-26(45)14-28(32(21)27)31-15-30-33(48(46)44(31)25-5-3-6-25)34(42-18-23-8-9-24(19-42)39-23)41-35(40-30)47-20-36-11-4-12-43(36)17-22(37)16-36/h1,7,10,13-15,22-25,39,45H,3-6,8-9,11-12,16-20H2/t22-,23?,24?,36+,48?/m1/s1. The van der Waals surface area contributed by atoms with Crippen LogP contribution in [0, 0.1) is 18.2 Å². The van der Waals surface area contributed by atoms with Gasteiger partial charge in [0.15, 0.2) is 5.82 Å². The van der Waals surface area contributed by atoms with Crippen LogP contribution in [0.15, 0.2) is 29.2 Å². The van der Waals surface area contributed by atoms with Crippen LogP contribution in [0.2, 0.25) is 0 Å². The predicted molar refractivity (Wildman–Crippen MR) is 180 cm³/mol. The van der Waals surface area contributed by atoms with Crippen molar-refractivity contribution in [2.24, 2.45) is 0 Å². The number of ether oxygens (including phenoxy) is 1. The van der Waals surface area contributed by atoms with Gasteiger partial charge in [0.1, 0.15) is 41.4 Å². The molecule has 5 fully saturated rings. The number of hydrogen-bond donors (Lipinski definition) is 2. The van der Waals surface area contributed by atoms with Gasteiger partial charge >= 0.3 is 6.01 Å². The molecule has 1 saturated carbocycles. The van der Waals surface area contributed by atoms with E-state index in [1.54, 1.807) is 18.2 Å². The Hall–Kier alpha value is -3.63. The van der Waals surface area contributed by atoms with Gasteiger partial charge in [-0.2, -0.15) is 14.3 Å². The molecule has 0 amide bonds. The molecule has 3 unspecified atom stereocenters. The van der Waals surface area contributed by atoms with Crippen molar-refractivity contribution >= 4 is 39.7 Å². The van der Waals surface area contributed by atoms with Gasteiger partial charge in [-0.15, -0.1) is 6.42 Å². The summed E-state index contributed by atoms with van der Waals surface area (Å²) in [4.78, 5) is 14.8. The fourth-order valence-electron chi connectivity index (χ4n) is 8.89. The second-order valence-electron chi connectivity index (χ2n) is 14.3. The van der Waals surface area contributed by atoms with Gasteiger partial charge in [-0.05, 0) is 81.2 Å². The molecule has 1 aromatic heterocycles. The van der Waals surface area contributed by atoms with Crippen molar-refractivity contribution < 1.29 is 23.2 Å². The first-order valence-electron chi connectivity index (χ1n) is 17.1. The van der Waals surface area contributed by atoms with Crippen molar-refractivity contribution in [1.82, 2.24) is 24.5 Å². The number of phenolic OH excluding ortho intramolecular Hbond substituents is 1. The van der Waals surface area contributed by atoms with Crippen LogP contribution < -0.4 is 15.0 Å². The minimum atomic E-state index is -1.73. The minimum Gasteiger partial charge on any atom is -0.588 e. The summed E-state index contributed by atoms with van der Waals surface area (Å²) < 4.78 is 53.0. The summed E-state index contributed by atoms with van der Waals surface area (Å²) in [6.45, 7) is 2.99. The number of benzene rings is 2. The highest BCUT2D eigenvalue weighted by Crippen LogP contribution is 2.48. The number of terminal acetylenes is 1. The molecule has 1 aliphatic carbocycles. The maximum Gasteiger partial charge on any atom is 0.319 e. The van der Waals surface area contributed by atoms with Crippen LogP contribution >= 0.6 is 0 Å². The third-order valence-corrected chi connectivity index (χ3v) is 12.9. The smallest absolute Gasteiger partial charge is 0.319 e. The van der Waals surface area contributed by atoms with Crippen LogP contribution in [0.25, 0.3) is 22.5 Å². The number of hydrogen-bond acceptors (Lipinski definition) is 9. The normalized spacial score (nSPS) is 29.8. The van der Waals surface area contributed by atoms with Crippen molar-refractivity contribution in [3.63, 3.8) is 0 Å². The molecule has 9 nitrogen and oxygen atoms in total. The molecule has 6 aliphatic rings. The Morgan fingerprint density at radius 2 is 1.94 bits per heavy atom. The van der Waals surface area contributed by atoms with E-state index in [1.807, 2.05) is 10.4 Å². The molecular weight excluding hydrogens is 634 g/mol. The van der Waals surface area contributed by atoms with E-state index in [-0.39, 0.29) is 35.5 Å². The van der Waals surface area contributed by atoms with Crippen molar-refractivity contribution in [2.75, 3.05) is 37.7 Å². The predicted octanol–water partition coefficient (Wildman–Crippen LogP) is 4.74. The average molecular weight is 673 g/mol. The van der Waals surface area contributed by atoms with E-state index >= 15 is 4.39 Å². The molecule has 5 aliphatic heterocycles. The van der Waals surface area contributed by atoms with Crippen molar-refractivity contribution in [1.29, 1.82) is 0 Å². The highest BCUT2D eigenvalue weighted by Gasteiger charge is 2.50. The first-order valence-corrected chi connectivity index (χ1v) is 18.2. The average Bonchev–Trinajstić information content (AvgIpc) is 3.69. The lowest BCUT2D eigenvalue weighted by molar-refractivity contribution is 0.107. The summed E-state index contributed by atoms with van der Waals surface area (Å²) in [5.41, 5.74) is 1.21. The third kappa shape index (κ3) is 4.84. The Bertz CT molecular complexity index is 1870. The number of alkyl halides is 1. The highest BCUT2D eigenvalue weighted by atomic mass is 32.2. The topological polar surface area (TPSA) is 100 Å². The Morgan fingerprint density at radius 1 is 1.12 bits per heavy atom. The van der Waals surface area contributed by atoms with E-state index in [0.717, 1.165) is 64.6 Å². The molecule has 4 saturated heterocycles. The van der Waals surface area contributed by atoms with Gasteiger partial charge in [0.25, 0.3) is 0 Å². The summed E-state index contributed by atoms with van der Waals surface area (Å²) in [5, 5.41) is 15.6. The molecule has 12 heteroatoms. The van der Waals surface area contributed by atoms with Crippen LogP contribution in [-0.2, 0) is 11.4 Å². The number of phenols is 1. The van der Waals surface area contributed by atoms with Crippen molar-refractivity contribution in [3.8, 4) is 24.1 Å². The molecule has 3 aromatic rings. The molecule has 48 heavy (non-hydrogen) atoms. The molecule has 2 bridgehead atoms. The summed E-state index contributed by atoms with van der Waals surface area (Å²) in [6.07, 6.45) is 13.9. The van der Waals surface area contributed by atoms with Crippen LogP contribution in [0.3, 0.4) is 0 Å². The summed E-state index contributed by atoms with van der Waals surface area (Å²) in [6, 6.07) is 6.78. The van der Waals surface area contributed by atoms with Crippen molar-refractivity contribution in [3.05, 3.63) is 46.9 Å². The number of nitrogens with one attached hydrogen (secondary N) is 1. The zero-order valence-corrected chi connectivity index (χ0v) is 27.4. The van der Waals surface area contributed by atoms with Crippen LogP contribution in [-0.4, -0.2) is 91.5 Å². The van der Waals surface area contributed by atoms with Crippen LogP contribution in [0.4, 0.5) is 14.6 Å². The monoisotopic (exact) mass is 672 g/mol. The fraction of sp³-hybridized carbons (Fsp3) is 0.500. The number of piperazine rings is 1. The highest BCUT2D eigenvalue weighted by molar-refractivity contribution is 7.89. The Labute approximate surface area is 281 Å². The maximum absolute atomic E-state index is 15.2. The largest absolute Gasteiger partial charge is 0.588 e. The fourth-order valence-corrected chi connectivity index (χ4v) is 10.5. The summed E-state index contributed by atoms with van der Waals surface area (Å²) >= 11 is -1.73. The van der Waals surface area contributed by atoms with Gasteiger partial charge in [-0.25, -0.2) is 8.78 Å². The lowest BCUT2D eigenvalue weighted by Crippen LogP contribution is -2.52.